The minimum absolute atomic E-state index is 0.0494. The molecule has 1 aliphatic heterocycles. The van der Waals surface area contributed by atoms with Gasteiger partial charge >= 0.3 is 0 Å². The molecule has 0 saturated carbocycles. The maximum Gasteiger partial charge on any atom is 0.256 e. The van der Waals surface area contributed by atoms with Gasteiger partial charge in [-0.1, -0.05) is 36.7 Å². The number of phenols is 1. The average Bonchev–Trinajstić information content (AvgIpc) is 2.97. The van der Waals surface area contributed by atoms with Crippen LogP contribution in [0, 0.1) is 11.3 Å². The zero-order valence-electron chi connectivity index (χ0n) is 15.8. The van der Waals surface area contributed by atoms with Gasteiger partial charge in [-0.3, -0.25) is 4.79 Å². The highest BCUT2D eigenvalue weighted by atomic mass is 79.9. The molecule has 0 bridgehead atoms. The Bertz CT molecular complexity index is 981. The average molecular weight is 593 g/mol. The van der Waals surface area contributed by atoms with Crippen LogP contribution in [0.1, 0.15) is 59.7 Å². The van der Waals surface area contributed by atoms with Crippen molar-refractivity contribution in [1.29, 1.82) is 0 Å². The molecule has 8 heteroatoms. The van der Waals surface area contributed by atoms with Crippen LogP contribution in [-0.2, 0) is 12.8 Å². The number of phenolic OH excluding ortho intramolecular Hbond substituents is 1. The fourth-order valence-corrected chi connectivity index (χ4v) is 7.97. The van der Waals surface area contributed by atoms with E-state index in [1.165, 1.54) is 10.4 Å². The molecule has 0 fully saturated rings. The monoisotopic (exact) mass is 590 g/mol. The van der Waals surface area contributed by atoms with E-state index in [1.807, 2.05) is 0 Å². The summed E-state index contributed by atoms with van der Waals surface area (Å²) in [7, 11) is 0. The van der Waals surface area contributed by atoms with Crippen molar-refractivity contribution in [2.24, 2.45) is 11.3 Å². The summed E-state index contributed by atoms with van der Waals surface area (Å²) in [6.45, 7) is 6.89. The van der Waals surface area contributed by atoms with Gasteiger partial charge < -0.3 is 15.7 Å². The summed E-state index contributed by atoms with van der Waals surface area (Å²) >= 11 is 12.1. The first-order valence-corrected chi connectivity index (χ1v) is 12.4. The number of amides is 1. The van der Waals surface area contributed by atoms with Gasteiger partial charge in [0.05, 0.1) is 14.5 Å². The Morgan fingerprint density at radius 3 is 2.57 bits per heavy atom. The SMILES string of the molecule is CC(C)(C)[C@@H]1CCc2c(sc3c2C(=O)N[C@@H](c2c(Br)cc(Br)c(O)c2Br)N3)C1. The molecule has 0 saturated heterocycles. The third-order valence-corrected chi connectivity index (χ3v) is 8.99. The third kappa shape index (κ3) is 3.44. The number of hydrogen-bond donors (Lipinski definition) is 3. The van der Waals surface area contributed by atoms with Crippen molar-refractivity contribution in [1.82, 2.24) is 5.32 Å². The molecule has 0 unspecified atom stereocenters. The molecular formula is C20H21Br3N2O2S. The first-order chi connectivity index (χ1) is 13.1. The highest BCUT2D eigenvalue weighted by Crippen LogP contribution is 2.48. The van der Waals surface area contributed by atoms with E-state index in [-0.39, 0.29) is 17.1 Å². The number of aromatic hydroxyl groups is 1. The first kappa shape index (κ1) is 20.7. The zero-order chi connectivity index (χ0) is 20.4. The van der Waals surface area contributed by atoms with Crippen molar-refractivity contribution in [2.45, 2.75) is 46.2 Å². The molecule has 1 aromatic carbocycles. The van der Waals surface area contributed by atoms with E-state index < -0.39 is 6.17 Å². The number of carbonyl (C=O) groups is 1. The van der Waals surface area contributed by atoms with E-state index in [9.17, 15) is 9.90 Å². The molecule has 4 rings (SSSR count). The summed E-state index contributed by atoms with van der Waals surface area (Å²) in [6, 6.07) is 1.78. The Kier molecular flexibility index (Phi) is 5.39. The highest BCUT2D eigenvalue weighted by Gasteiger charge is 2.37. The van der Waals surface area contributed by atoms with Crippen LogP contribution >= 0.6 is 59.1 Å². The third-order valence-electron chi connectivity index (χ3n) is 5.74. The van der Waals surface area contributed by atoms with E-state index >= 15 is 0 Å². The second-order valence-electron chi connectivity index (χ2n) is 8.48. The van der Waals surface area contributed by atoms with Gasteiger partial charge in [0, 0.05) is 14.9 Å². The normalized spacial score (nSPS) is 21.6. The lowest BCUT2D eigenvalue weighted by Crippen LogP contribution is -2.38. The van der Waals surface area contributed by atoms with Gasteiger partial charge in [-0.2, -0.15) is 0 Å². The van der Waals surface area contributed by atoms with Gasteiger partial charge in [-0.15, -0.1) is 11.3 Å². The maximum atomic E-state index is 13.0. The summed E-state index contributed by atoms with van der Waals surface area (Å²) < 4.78 is 1.92. The molecule has 150 valence electrons. The van der Waals surface area contributed by atoms with Gasteiger partial charge in [0.2, 0.25) is 0 Å². The van der Waals surface area contributed by atoms with Crippen molar-refractivity contribution in [3.8, 4) is 5.75 Å². The quantitative estimate of drug-likeness (QED) is 0.343. The summed E-state index contributed by atoms with van der Waals surface area (Å²) in [5.41, 5.74) is 3.04. The van der Waals surface area contributed by atoms with Gasteiger partial charge in [0.15, 0.2) is 0 Å². The Hall–Kier alpha value is -0.570. The fourth-order valence-electron chi connectivity index (χ4n) is 4.04. The number of thiophene rings is 1. The van der Waals surface area contributed by atoms with Crippen LogP contribution in [0.5, 0.6) is 5.75 Å². The summed E-state index contributed by atoms with van der Waals surface area (Å²) in [5, 5.41) is 17.8. The largest absolute Gasteiger partial charge is 0.506 e. The number of rotatable bonds is 1. The van der Waals surface area contributed by atoms with Crippen molar-refractivity contribution in [3.63, 3.8) is 0 Å². The number of fused-ring (bicyclic) bond motifs is 3. The molecule has 28 heavy (non-hydrogen) atoms. The summed E-state index contributed by atoms with van der Waals surface area (Å²) in [4.78, 5) is 14.3. The minimum atomic E-state index is -0.429. The predicted molar refractivity (Wildman–Crippen MR) is 124 cm³/mol. The van der Waals surface area contributed by atoms with Gasteiger partial charge in [0.25, 0.3) is 5.91 Å². The molecule has 2 aromatic rings. The van der Waals surface area contributed by atoms with Crippen LogP contribution in [-0.4, -0.2) is 11.0 Å². The number of benzene rings is 1. The van der Waals surface area contributed by atoms with Crippen LogP contribution < -0.4 is 10.6 Å². The van der Waals surface area contributed by atoms with E-state index in [0.717, 1.165) is 39.9 Å². The first-order valence-electron chi connectivity index (χ1n) is 9.16. The van der Waals surface area contributed by atoms with Crippen molar-refractivity contribution in [3.05, 3.63) is 41.1 Å². The lowest BCUT2D eigenvalue weighted by atomic mass is 9.72. The molecule has 1 aliphatic carbocycles. The number of carbonyl (C=O) groups excluding carboxylic acids is 1. The number of nitrogens with one attached hydrogen (secondary N) is 2. The van der Waals surface area contributed by atoms with Crippen LogP contribution in [0.25, 0.3) is 0 Å². The molecule has 2 atom stereocenters. The van der Waals surface area contributed by atoms with Gasteiger partial charge in [-0.25, -0.2) is 0 Å². The number of halogens is 3. The van der Waals surface area contributed by atoms with Crippen LogP contribution in [0.15, 0.2) is 19.5 Å². The van der Waals surface area contributed by atoms with Crippen molar-refractivity contribution in [2.75, 3.05) is 5.32 Å². The molecule has 0 radical (unpaired) electrons. The molecule has 0 spiro atoms. The molecule has 2 heterocycles. The minimum Gasteiger partial charge on any atom is -0.506 e. The number of hydrogen-bond acceptors (Lipinski definition) is 4. The molecular weight excluding hydrogens is 572 g/mol. The molecule has 4 nitrogen and oxygen atoms in total. The van der Waals surface area contributed by atoms with Crippen LogP contribution in [0.2, 0.25) is 0 Å². The second-order valence-corrected chi connectivity index (χ2v) is 12.1. The lowest BCUT2D eigenvalue weighted by Gasteiger charge is -2.34. The van der Waals surface area contributed by atoms with Crippen LogP contribution in [0.4, 0.5) is 5.00 Å². The summed E-state index contributed by atoms with van der Waals surface area (Å²) in [6.07, 6.45) is 2.67. The van der Waals surface area contributed by atoms with Crippen molar-refractivity contribution < 1.29 is 9.90 Å². The molecule has 3 N–H and O–H groups in total. The van der Waals surface area contributed by atoms with Gasteiger partial charge in [-0.05, 0) is 74.1 Å². The van der Waals surface area contributed by atoms with Crippen molar-refractivity contribution >= 4 is 70.0 Å². The smallest absolute Gasteiger partial charge is 0.256 e. The fraction of sp³-hybridized carbons (Fsp3) is 0.450. The highest BCUT2D eigenvalue weighted by molar-refractivity contribution is 9.11. The van der Waals surface area contributed by atoms with E-state index in [4.69, 9.17) is 0 Å². The number of anilines is 1. The standard InChI is InChI=1S/C20H21Br3N2O2S/c1-20(2,3)8-4-5-9-12(6-8)28-19-13(9)18(27)24-17(25-19)14-10(21)7-11(22)16(26)15(14)23/h7-8,17,25-26H,4-6H2,1-3H3,(H,24,27)/t8-,17-/m1/s1. The van der Waals surface area contributed by atoms with E-state index in [2.05, 4.69) is 79.2 Å². The van der Waals surface area contributed by atoms with E-state index in [1.54, 1.807) is 17.4 Å². The van der Waals surface area contributed by atoms with Gasteiger partial charge in [0.1, 0.15) is 16.9 Å². The Balaban J connectivity index is 1.71. The molecule has 1 aromatic heterocycles. The topological polar surface area (TPSA) is 61.4 Å². The molecule has 1 amide bonds. The summed E-state index contributed by atoms with van der Waals surface area (Å²) in [5.74, 6) is 0.691. The zero-order valence-corrected chi connectivity index (χ0v) is 21.3. The lowest BCUT2D eigenvalue weighted by molar-refractivity contribution is 0.0934. The van der Waals surface area contributed by atoms with Crippen LogP contribution in [0.3, 0.4) is 0 Å². The van der Waals surface area contributed by atoms with E-state index in [0.29, 0.717) is 14.9 Å². The maximum absolute atomic E-state index is 13.0. The predicted octanol–water partition coefficient (Wildman–Crippen LogP) is 6.75. The Labute approximate surface area is 193 Å². The second kappa shape index (κ2) is 7.29. The Morgan fingerprint density at radius 2 is 1.89 bits per heavy atom. The molecule has 2 aliphatic rings. The Morgan fingerprint density at radius 1 is 1.18 bits per heavy atom.